The minimum absolute atomic E-state index is 0. The van der Waals surface area contributed by atoms with E-state index >= 15 is 0 Å². The van der Waals surface area contributed by atoms with Crippen molar-refractivity contribution >= 4 is 29.9 Å². The molecular weight excluding hydrogens is 448 g/mol. The summed E-state index contributed by atoms with van der Waals surface area (Å²) in [6.45, 7) is 3.09. The number of nitrogens with one attached hydrogen (secondary N) is 2. The SMILES string of the molecule is CN=C(NCc1ccccc1OC(F)(F)F)NCC1CCN(C)C1.I. The van der Waals surface area contributed by atoms with Gasteiger partial charge in [-0.15, -0.1) is 37.1 Å². The number of aliphatic imine (C=N–C) groups is 1. The van der Waals surface area contributed by atoms with E-state index in [9.17, 15) is 13.2 Å². The predicted molar refractivity (Wildman–Crippen MR) is 102 cm³/mol. The van der Waals surface area contributed by atoms with Crippen LogP contribution in [0.25, 0.3) is 0 Å². The lowest BCUT2D eigenvalue weighted by atomic mass is 10.1. The quantitative estimate of drug-likeness (QED) is 0.393. The molecule has 0 aliphatic carbocycles. The fourth-order valence-corrected chi connectivity index (χ4v) is 2.71. The van der Waals surface area contributed by atoms with Gasteiger partial charge in [-0.1, -0.05) is 18.2 Å². The highest BCUT2D eigenvalue weighted by molar-refractivity contribution is 14.0. The zero-order valence-corrected chi connectivity index (χ0v) is 16.6. The van der Waals surface area contributed by atoms with Gasteiger partial charge in [-0.3, -0.25) is 4.99 Å². The van der Waals surface area contributed by atoms with Crippen molar-refractivity contribution in [1.29, 1.82) is 0 Å². The molecule has 0 amide bonds. The van der Waals surface area contributed by atoms with E-state index in [0.717, 1.165) is 26.1 Å². The average Bonchev–Trinajstić information content (AvgIpc) is 2.93. The van der Waals surface area contributed by atoms with Crippen molar-refractivity contribution < 1.29 is 17.9 Å². The molecule has 1 aromatic carbocycles. The molecule has 2 N–H and O–H groups in total. The Morgan fingerprint density at radius 3 is 2.64 bits per heavy atom. The zero-order valence-electron chi connectivity index (χ0n) is 14.3. The van der Waals surface area contributed by atoms with Gasteiger partial charge in [0.2, 0.25) is 0 Å². The van der Waals surface area contributed by atoms with E-state index in [-0.39, 0.29) is 36.3 Å². The summed E-state index contributed by atoms with van der Waals surface area (Å²) in [5.41, 5.74) is 0.415. The lowest BCUT2D eigenvalue weighted by molar-refractivity contribution is -0.274. The minimum Gasteiger partial charge on any atom is -0.405 e. The van der Waals surface area contributed by atoms with Gasteiger partial charge in [0.05, 0.1) is 0 Å². The second kappa shape index (κ2) is 10.0. The molecule has 0 bridgehead atoms. The zero-order chi connectivity index (χ0) is 17.6. The van der Waals surface area contributed by atoms with Crippen LogP contribution in [0.15, 0.2) is 29.3 Å². The van der Waals surface area contributed by atoms with Gasteiger partial charge in [0.1, 0.15) is 5.75 Å². The Bertz CT molecular complexity index is 569. The van der Waals surface area contributed by atoms with Crippen molar-refractivity contribution in [2.24, 2.45) is 10.9 Å². The van der Waals surface area contributed by atoms with Crippen molar-refractivity contribution in [3.8, 4) is 5.75 Å². The molecule has 0 aromatic heterocycles. The molecule has 1 saturated heterocycles. The Hall–Kier alpha value is -1.23. The molecule has 25 heavy (non-hydrogen) atoms. The summed E-state index contributed by atoms with van der Waals surface area (Å²) in [6.07, 6.45) is -3.58. The Morgan fingerprint density at radius 1 is 1.32 bits per heavy atom. The summed E-state index contributed by atoms with van der Waals surface area (Å²) in [5, 5.41) is 6.24. The summed E-state index contributed by atoms with van der Waals surface area (Å²) in [5.74, 6) is 0.908. The molecular formula is C16H24F3IN4O. The van der Waals surface area contributed by atoms with E-state index in [1.807, 2.05) is 0 Å². The number of likely N-dealkylation sites (tertiary alicyclic amines) is 1. The molecule has 1 aliphatic rings. The molecule has 1 aliphatic heterocycles. The Balaban J connectivity index is 0.00000312. The minimum atomic E-state index is -4.70. The lowest BCUT2D eigenvalue weighted by Crippen LogP contribution is -2.39. The molecule has 5 nitrogen and oxygen atoms in total. The number of guanidine groups is 1. The van der Waals surface area contributed by atoms with Crippen LogP contribution in [0.3, 0.4) is 0 Å². The fourth-order valence-electron chi connectivity index (χ4n) is 2.71. The summed E-state index contributed by atoms with van der Waals surface area (Å²) in [7, 11) is 3.72. The number of ether oxygens (including phenoxy) is 1. The van der Waals surface area contributed by atoms with Crippen molar-refractivity contribution in [1.82, 2.24) is 15.5 Å². The number of para-hydroxylation sites is 1. The molecule has 1 heterocycles. The third-order valence-corrected chi connectivity index (χ3v) is 3.92. The summed E-state index contributed by atoms with van der Waals surface area (Å²) in [6, 6.07) is 6.07. The van der Waals surface area contributed by atoms with Crippen LogP contribution < -0.4 is 15.4 Å². The van der Waals surface area contributed by atoms with Gasteiger partial charge in [-0.2, -0.15) is 0 Å². The standard InChI is InChI=1S/C16H23F3N4O.HI/c1-20-15(21-9-12-7-8-23(2)11-12)22-10-13-5-3-4-6-14(13)24-16(17,18)19;/h3-6,12H,7-11H2,1-2H3,(H2,20,21,22);1H. The van der Waals surface area contributed by atoms with Gasteiger partial charge in [-0.05, 0) is 32.0 Å². The van der Waals surface area contributed by atoms with Crippen molar-refractivity contribution in [3.63, 3.8) is 0 Å². The molecule has 0 saturated carbocycles. The molecule has 1 unspecified atom stereocenters. The first kappa shape index (κ1) is 21.8. The van der Waals surface area contributed by atoms with Gasteiger partial charge in [0, 0.05) is 32.2 Å². The van der Waals surface area contributed by atoms with E-state index in [1.54, 1.807) is 19.2 Å². The highest BCUT2D eigenvalue weighted by atomic mass is 127. The molecule has 0 radical (unpaired) electrons. The van der Waals surface area contributed by atoms with Gasteiger partial charge < -0.3 is 20.3 Å². The average molecular weight is 472 g/mol. The molecule has 9 heteroatoms. The van der Waals surface area contributed by atoms with Crippen LogP contribution in [0.1, 0.15) is 12.0 Å². The van der Waals surface area contributed by atoms with Crippen molar-refractivity contribution in [2.75, 3.05) is 33.7 Å². The van der Waals surface area contributed by atoms with E-state index in [0.29, 0.717) is 17.4 Å². The molecule has 0 spiro atoms. The van der Waals surface area contributed by atoms with Crippen molar-refractivity contribution in [3.05, 3.63) is 29.8 Å². The predicted octanol–water partition coefficient (Wildman–Crippen LogP) is 2.82. The number of nitrogens with zero attached hydrogens (tertiary/aromatic N) is 2. The van der Waals surface area contributed by atoms with Crippen LogP contribution in [0.4, 0.5) is 13.2 Å². The largest absolute Gasteiger partial charge is 0.573 e. The summed E-state index contributed by atoms with van der Waals surface area (Å²) < 4.78 is 41.3. The van der Waals surface area contributed by atoms with Crippen LogP contribution in [0.2, 0.25) is 0 Å². The number of hydrogen-bond donors (Lipinski definition) is 2. The van der Waals surface area contributed by atoms with E-state index in [1.165, 1.54) is 12.1 Å². The lowest BCUT2D eigenvalue weighted by Gasteiger charge is -2.17. The second-order valence-corrected chi connectivity index (χ2v) is 5.88. The molecule has 1 fully saturated rings. The number of halogens is 4. The first-order valence-electron chi connectivity index (χ1n) is 7.84. The third-order valence-electron chi connectivity index (χ3n) is 3.92. The number of hydrogen-bond acceptors (Lipinski definition) is 3. The Morgan fingerprint density at radius 2 is 2.04 bits per heavy atom. The first-order chi connectivity index (χ1) is 11.4. The number of alkyl halides is 3. The topological polar surface area (TPSA) is 48.9 Å². The summed E-state index contributed by atoms with van der Waals surface area (Å²) >= 11 is 0. The Kier molecular flexibility index (Phi) is 8.77. The number of rotatable bonds is 5. The fraction of sp³-hybridized carbons (Fsp3) is 0.562. The van der Waals surface area contributed by atoms with Crippen molar-refractivity contribution in [2.45, 2.75) is 19.3 Å². The maximum absolute atomic E-state index is 12.4. The third kappa shape index (κ3) is 7.68. The molecule has 1 atom stereocenters. The van der Waals surface area contributed by atoms with Crippen LogP contribution >= 0.6 is 24.0 Å². The van der Waals surface area contributed by atoms with Gasteiger partial charge in [-0.25, -0.2) is 0 Å². The van der Waals surface area contributed by atoms with Crippen LogP contribution in [0, 0.1) is 5.92 Å². The van der Waals surface area contributed by atoms with Gasteiger partial charge >= 0.3 is 6.36 Å². The monoisotopic (exact) mass is 472 g/mol. The second-order valence-electron chi connectivity index (χ2n) is 5.88. The Labute approximate surface area is 163 Å². The van der Waals surface area contributed by atoms with Crippen LogP contribution in [-0.2, 0) is 6.54 Å². The van der Waals surface area contributed by atoms with Crippen LogP contribution in [-0.4, -0.2) is 51.0 Å². The summed E-state index contributed by atoms with van der Waals surface area (Å²) in [4.78, 5) is 6.38. The maximum atomic E-state index is 12.4. The molecule has 2 rings (SSSR count). The smallest absolute Gasteiger partial charge is 0.405 e. The highest BCUT2D eigenvalue weighted by Gasteiger charge is 2.32. The van der Waals surface area contributed by atoms with E-state index in [2.05, 4.69) is 32.3 Å². The highest BCUT2D eigenvalue weighted by Crippen LogP contribution is 2.26. The van der Waals surface area contributed by atoms with Gasteiger partial charge in [0.25, 0.3) is 0 Å². The van der Waals surface area contributed by atoms with Crippen LogP contribution in [0.5, 0.6) is 5.75 Å². The molecule has 142 valence electrons. The normalized spacial score (nSPS) is 18.6. The number of benzene rings is 1. The van der Waals surface area contributed by atoms with E-state index < -0.39 is 6.36 Å². The first-order valence-corrected chi connectivity index (χ1v) is 7.84. The van der Waals surface area contributed by atoms with E-state index in [4.69, 9.17) is 0 Å². The molecule has 1 aromatic rings. The van der Waals surface area contributed by atoms with Gasteiger partial charge in [0.15, 0.2) is 5.96 Å². The maximum Gasteiger partial charge on any atom is 0.573 e.